The molecule has 0 spiro atoms. The number of nitrogens with one attached hydrogen (secondary N) is 1. The van der Waals surface area contributed by atoms with Crippen LogP contribution in [0.25, 0.3) is 11.4 Å². The lowest BCUT2D eigenvalue weighted by molar-refractivity contribution is -0.122. The van der Waals surface area contributed by atoms with Gasteiger partial charge in [0.1, 0.15) is 5.82 Å². The van der Waals surface area contributed by atoms with Crippen molar-refractivity contribution < 1.29 is 13.7 Å². The summed E-state index contributed by atoms with van der Waals surface area (Å²) in [4.78, 5) is 20.9. The van der Waals surface area contributed by atoms with Crippen LogP contribution in [0.3, 0.4) is 0 Å². The predicted molar refractivity (Wildman–Crippen MR) is 102 cm³/mol. The Labute approximate surface area is 163 Å². The van der Waals surface area contributed by atoms with Crippen LogP contribution >= 0.6 is 0 Å². The second-order valence-electron chi connectivity index (χ2n) is 7.75. The number of aryl methyl sites for hydroxylation is 1. The van der Waals surface area contributed by atoms with E-state index in [9.17, 15) is 9.18 Å². The Balaban J connectivity index is 1.32. The number of hydrogen-bond donors (Lipinski definition) is 1. The first kappa shape index (κ1) is 19.0. The number of carbonyl (C=O) groups is 1. The molecule has 1 aliphatic heterocycles. The van der Waals surface area contributed by atoms with Crippen molar-refractivity contribution in [1.82, 2.24) is 25.3 Å². The summed E-state index contributed by atoms with van der Waals surface area (Å²) in [5.74, 6) is 0.765. The molecule has 0 bridgehead atoms. The fourth-order valence-electron chi connectivity index (χ4n) is 3.42. The van der Waals surface area contributed by atoms with Gasteiger partial charge in [0.05, 0.1) is 12.6 Å². The molecule has 1 amide bonds. The van der Waals surface area contributed by atoms with Crippen LogP contribution in [0, 0.1) is 12.7 Å². The molecule has 1 saturated heterocycles. The Bertz CT molecular complexity index is 843. The summed E-state index contributed by atoms with van der Waals surface area (Å²) in [6, 6.07) is 5.31. The molecular formula is C20H26FN5O2. The topological polar surface area (TPSA) is 74.5 Å². The minimum atomic E-state index is -0.279. The molecule has 2 fully saturated rings. The summed E-state index contributed by atoms with van der Waals surface area (Å²) < 4.78 is 19.2. The number of nitrogens with zero attached hydrogens (tertiary/aromatic N) is 4. The smallest absolute Gasteiger partial charge is 0.244 e. The lowest BCUT2D eigenvalue weighted by atomic mass is 10.1. The van der Waals surface area contributed by atoms with Gasteiger partial charge in [-0.2, -0.15) is 4.98 Å². The van der Waals surface area contributed by atoms with Crippen molar-refractivity contribution in [2.45, 2.75) is 38.8 Å². The Morgan fingerprint density at radius 3 is 2.75 bits per heavy atom. The van der Waals surface area contributed by atoms with Gasteiger partial charge < -0.3 is 9.84 Å². The molecular weight excluding hydrogens is 361 g/mol. The van der Waals surface area contributed by atoms with Crippen molar-refractivity contribution in [2.24, 2.45) is 0 Å². The molecule has 1 N–H and O–H groups in total. The van der Waals surface area contributed by atoms with Crippen molar-refractivity contribution in [3.05, 3.63) is 35.5 Å². The summed E-state index contributed by atoms with van der Waals surface area (Å²) in [7, 11) is 0. The van der Waals surface area contributed by atoms with Gasteiger partial charge in [0.25, 0.3) is 0 Å². The predicted octanol–water partition coefficient (Wildman–Crippen LogP) is 2.14. The van der Waals surface area contributed by atoms with Gasteiger partial charge in [-0.05, 0) is 38.3 Å². The molecule has 1 aliphatic carbocycles. The number of halogens is 1. The molecule has 1 aromatic carbocycles. The Morgan fingerprint density at radius 2 is 2.07 bits per heavy atom. The monoisotopic (exact) mass is 387 g/mol. The average Bonchev–Trinajstić information content (AvgIpc) is 3.35. The first-order chi connectivity index (χ1) is 13.5. The first-order valence-corrected chi connectivity index (χ1v) is 9.85. The van der Waals surface area contributed by atoms with E-state index in [0.717, 1.165) is 39.0 Å². The zero-order valence-electron chi connectivity index (χ0n) is 16.3. The summed E-state index contributed by atoms with van der Waals surface area (Å²) >= 11 is 0. The number of amides is 1. The van der Waals surface area contributed by atoms with Gasteiger partial charge in [-0.3, -0.25) is 14.6 Å². The fourth-order valence-corrected chi connectivity index (χ4v) is 3.42. The molecule has 1 saturated carbocycles. The van der Waals surface area contributed by atoms with Crippen LogP contribution in [-0.2, 0) is 4.79 Å². The van der Waals surface area contributed by atoms with Crippen molar-refractivity contribution in [1.29, 1.82) is 0 Å². The minimum Gasteiger partial charge on any atom is -0.352 e. The molecule has 1 atom stereocenters. The van der Waals surface area contributed by atoms with Gasteiger partial charge in [0.15, 0.2) is 0 Å². The minimum absolute atomic E-state index is 0.0287. The number of aromatic nitrogens is 2. The molecule has 8 heteroatoms. The summed E-state index contributed by atoms with van der Waals surface area (Å²) in [6.45, 7) is 7.52. The highest BCUT2D eigenvalue weighted by Gasteiger charge is 2.28. The molecule has 7 nitrogen and oxygen atoms in total. The largest absolute Gasteiger partial charge is 0.352 e. The third kappa shape index (κ3) is 4.39. The summed E-state index contributed by atoms with van der Waals surface area (Å²) in [6.07, 6.45) is 2.22. The third-order valence-electron chi connectivity index (χ3n) is 5.49. The summed E-state index contributed by atoms with van der Waals surface area (Å²) in [5, 5.41) is 7.05. The van der Waals surface area contributed by atoms with E-state index in [1.54, 1.807) is 19.1 Å². The molecule has 28 heavy (non-hydrogen) atoms. The maximum absolute atomic E-state index is 13.8. The molecule has 2 aromatic rings. The SMILES string of the molecule is Cc1ccc(-c2noc(C(C)N3CCN(CC(=O)NC4CC4)CC3)n2)cc1F. The molecule has 1 aromatic heterocycles. The van der Waals surface area contributed by atoms with E-state index >= 15 is 0 Å². The number of piperazine rings is 1. The second kappa shape index (κ2) is 7.97. The number of hydrogen-bond acceptors (Lipinski definition) is 6. The van der Waals surface area contributed by atoms with Gasteiger partial charge in [-0.25, -0.2) is 4.39 Å². The fraction of sp³-hybridized carbons (Fsp3) is 0.550. The van der Waals surface area contributed by atoms with Crippen molar-refractivity contribution >= 4 is 5.91 Å². The van der Waals surface area contributed by atoms with Crippen LogP contribution in [0.2, 0.25) is 0 Å². The van der Waals surface area contributed by atoms with E-state index in [-0.39, 0.29) is 17.8 Å². The van der Waals surface area contributed by atoms with Crippen LogP contribution in [0.5, 0.6) is 0 Å². The van der Waals surface area contributed by atoms with Gasteiger partial charge in [0, 0.05) is 37.8 Å². The van der Waals surface area contributed by atoms with Gasteiger partial charge in [-0.15, -0.1) is 0 Å². The number of carbonyl (C=O) groups excluding carboxylic acids is 1. The van der Waals surface area contributed by atoms with Crippen molar-refractivity contribution in [2.75, 3.05) is 32.7 Å². The normalized spacial score (nSPS) is 19.5. The third-order valence-corrected chi connectivity index (χ3v) is 5.49. The van der Waals surface area contributed by atoms with Gasteiger partial charge in [0.2, 0.25) is 17.6 Å². The van der Waals surface area contributed by atoms with Crippen LogP contribution in [0.1, 0.15) is 37.3 Å². The Kier molecular flexibility index (Phi) is 5.41. The van der Waals surface area contributed by atoms with Crippen LogP contribution in [0.15, 0.2) is 22.7 Å². The van der Waals surface area contributed by atoms with E-state index in [0.29, 0.717) is 35.4 Å². The lowest BCUT2D eigenvalue weighted by Gasteiger charge is -2.36. The quantitative estimate of drug-likeness (QED) is 0.819. The number of benzene rings is 1. The van der Waals surface area contributed by atoms with Crippen molar-refractivity contribution in [3.63, 3.8) is 0 Å². The molecule has 1 unspecified atom stereocenters. The molecule has 2 heterocycles. The van der Waals surface area contributed by atoms with Crippen LogP contribution in [0.4, 0.5) is 4.39 Å². The zero-order chi connectivity index (χ0) is 19.7. The first-order valence-electron chi connectivity index (χ1n) is 9.85. The number of rotatable bonds is 6. The van der Waals surface area contributed by atoms with Gasteiger partial charge in [-0.1, -0.05) is 17.3 Å². The molecule has 150 valence electrons. The van der Waals surface area contributed by atoms with E-state index in [2.05, 4.69) is 25.3 Å². The maximum Gasteiger partial charge on any atom is 0.244 e. The van der Waals surface area contributed by atoms with E-state index in [1.807, 2.05) is 6.92 Å². The van der Waals surface area contributed by atoms with Crippen LogP contribution < -0.4 is 5.32 Å². The highest BCUT2D eigenvalue weighted by molar-refractivity contribution is 5.78. The van der Waals surface area contributed by atoms with E-state index < -0.39 is 0 Å². The standard InChI is InChI=1S/C20H26FN5O2/c1-13-3-4-15(11-17(13)21)19-23-20(28-24-19)14(2)26-9-7-25(8-10-26)12-18(27)22-16-5-6-16/h3-4,11,14,16H,5-10,12H2,1-2H3,(H,22,27). The average molecular weight is 387 g/mol. The van der Waals surface area contributed by atoms with E-state index in [1.165, 1.54) is 6.07 Å². The molecule has 4 rings (SSSR count). The lowest BCUT2D eigenvalue weighted by Crippen LogP contribution is -2.50. The molecule has 2 aliphatic rings. The van der Waals surface area contributed by atoms with Crippen LogP contribution in [-0.4, -0.2) is 64.6 Å². The molecule has 0 radical (unpaired) electrons. The Hall–Kier alpha value is -2.32. The van der Waals surface area contributed by atoms with E-state index in [4.69, 9.17) is 4.52 Å². The summed E-state index contributed by atoms with van der Waals surface area (Å²) in [5.41, 5.74) is 1.20. The zero-order valence-corrected chi connectivity index (χ0v) is 16.3. The van der Waals surface area contributed by atoms with Crippen molar-refractivity contribution in [3.8, 4) is 11.4 Å². The van der Waals surface area contributed by atoms with Gasteiger partial charge >= 0.3 is 0 Å². The Morgan fingerprint density at radius 1 is 1.32 bits per heavy atom. The highest BCUT2D eigenvalue weighted by atomic mass is 19.1. The maximum atomic E-state index is 13.8. The second-order valence-corrected chi connectivity index (χ2v) is 7.75. The highest BCUT2D eigenvalue weighted by Crippen LogP contribution is 2.24.